The molecule has 7 nitrogen and oxygen atoms in total. The maximum Gasteiger partial charge on any atom is 0.276 e. The Morgan fingerprint density at radius 2 is 1.75 bits per heavy atom. The second-order valence-electron chi connectivity index (χ2n) is 4.85. The summed E-state index contributed by atoms with van der Waals surface area (Å²) >= 11 is 5.78. The molecule has 10 heteroatoms. The first-order valence-corrected chi connectivity index (χ1v) is 10.4. The van der Waals surface area contributed by atoms with Gasteiger partial charge >= 0.3 is 0 Å². The van der Waals surface area contributed by atoms with Gasteiger partial charge in [0, 0.05) is 18.1 Å². The molecule has 0 radical (unpaired) electrons. The fraction of sp³-hybridized carbons (Fsp3) is 0.286. The van der Waals surface area contributed by atoms with Crippen LogP contribution in [0.5, 0.6) is 0 Å². The third-order valence-corrected chi connectivity index (χ3v) is 6.72. The molecule has 1 heterocycles. The molecule has 132 valence electrons. The predicted molar refractivity (Wildman–Crippen MR) is 90.7 cm³/mol. The highest BCUT2D eigenvalue weighted by Crippen LogP contribution is 2.29. The van der Waals surface area contributed by atoms with Crippen molar-refractivity contribution in [3.63, 3.8) is 0 Å². The molecule has 1 aromatic carbocycles. The minimum absolute atomic E-state index is 0.0240. The van der Waals surface area contributed by atoms with E-state index in [1.54, 1.807) is 13.0 Å². The molecule has 24 heavy (non-hydrogen) atoms. The van der Waals surface area contributed by atoms with E-state index in [0.29, 0.717) is 5.02 Å². The van der Waals surface area contributed by atoms with E-state index in [1.165, 1.54) is 36.6 Å². The number of rotatable bonds is 8. The Kier molecular flexibility index (Phi) is 6.05. The molecule has 1 aromatic heterocycles. The lowest BCUT2D eigenvalue weighted by molar-refractivity contribution is 0.486. The molecular formula is C14H17ClN2O5S2. The third kappa shape index (κ3) is 4.58. The van der Waals surface area contributed by atoms with E-state index >= 15 is 0 Å². The Bertz CT molecular complexity index is 862. The van der Waals surface area contributed by atoms with Crippen molar-refractivity contribution in [1.82, 2.24) is 9.44 Å². The van der Waals surface area contributed by atoms with Gasteiger partial charge < -0.3 is 4.42 Å². The number of halogens is 1. The lowest BCUT2D eigenvalue weighted by Crippen LogP contribution is -2.39. The molecule has 0 spiro atoms. The summed E-state index contributed by atoms with van der Waals surface area (Å²) < 4.78 is 58.9. The van der Waals surface area contributed by atoms with Crippen LogP contribution in [-0.2, 0) is 20.0 Å². The fourth-order valence-corrected chi connectivity index (χ4v) is 4.74. The van der Waals surface area contributed by atoms with Gasteiger partial charge in [-0.2, -0.15) is 8.42 Å². The molecule has 1 unspecified atom stereocenters. The minimum atomic E-state index is -3.89. The summed E-state index contributed by atoms with van der Waals surface area (Å²) in [7, 11) is -7.68. The van der Waals surface area contributed by atoms with Crippen LogP contribution in [0.1, 0.15) is 17.9 Å². The van der Waals surface area contributed by atoms with Crippen LogP contribution in [0.3, 0.4) is 0 Å². The molecule has 2 rings (SSSR count). The number of hydrogen-bond donors (Lipinski definition) is 2. The van der Waals surface area contributed by atoms with E-state index in [2.05, 4.69) is 9.44 Å². The van der Waals surface area contributed by atoms with Gasteiger partial charge in [0.1, 0.15) is 11.0 Å². The van der Waals surface area contributed by atoms with Crippen LogP contribution in [0.4, 0.5) is 0 Å². The topological polar surface area (TPSA) is 105 Å². The Labute approximate surface area is 146 Å². The van der Waals surface area contributed by atoms with Gasteiger partial charge in [-0.1, -0.05) is 18.5 Å². The largest absolute Gasteiger partial charge is 0.468 e. The highest BCUT2D eigenvalue weighted by Gasteiger charge is 2.32. The Hall–Kier alpha value is -1.39. The van der Waals surface area contributed by atoms with Crippen LogP contribution < -0.4 is 9.44 Å². The lowest BCUT2D eigenvalue weighted by atomic mass is 10.3. The first-order chi connectivity index (χ1) is 11.3. The van der Waals surface area contributed by atoms with Gasteiger partial charge in [-0.25, -0.2) is 17.9 Å². The number of sulfone groups is 1. The van der Waals surface area contributed by atoms with Crippen molar-refractivity contribution in [1.29, 1.82) is 0 Å². The summed E-state index contributed by atoms with van der Waals surface area (Å²) in [6, 6.07) is 8.67. The van der Waals surface area contributed by atoms with Crippen molar-refractivity contribution in [2.75, 3.05) is 13.1 Å². The molecule has 0 aliphatic heterocycles. The van der Waals surface area contributed by atoms with Gasteiger partial charge in [0.15, 0.2) is 9.84 Å². The second-order valence-corrected chi connectivity index (χ2v) is 9.00. The van der Waals surface area contributed by atoms with Gasteiger partial charge in [0.25, 0.3) is 10.2 Å². The van der Waals surface area contributed by atoms with Crippen molar-refractivity contribution in [2.45, 2.75) is 17.1 Å². The number of benzene rings is 1. The van der Waals surface area contributed by atoms with Gasteiger partial charge in [-0.05, 0) is 36.4 Å². The number of nitrogens with one attached hydrogen (secondary N) is 2. The predicted octanol–water partition coefficient (Wildman–Crippen LogP) is 1.89. The smallest absolute Gasteiger partial charge is 0.276 e. The summed E-state index contributed by atoms with van der Waals surface area (Å²) in [4.78, 5) is 0.0240. The van der Waals surface area contributed by atoms with Crippen LogP contribution in [0.2, 0.25) is 5.02 Å². The molecule has 2 aromatic rings. The molecule has 2 N–H and O–H groups in total. The average molecular weight is 393 g/mol. The van der Waals surface area contributed by atoms with Gasteiger partial charge in [0.2, 0.25) is 0 Å². The quantitative estimate of drug-likeness (QED) is 0.713. The van der Waals surface area contributed by atoms with Crippen LogP contribution in [0, 0.1) is 0 Å². The molecule has 0 aliphatic carbocycles. The maximum absolute atomic E-state index is 12.9. The molecule has 0 amide bonds. The first kappa shape index (κ1) is 18.9. The Morgan fingerprint density at radius 3 is 2.29 bits per heavy atom. The van der Waals surface area contributed by atoms with Crippen LogP contribution in [0.15, 0.2) is 52.0 Å². The Morgan fingerprint density at radius 1 is 1.08 bits per heavy atom. The van der Waals surface area contributed by atoms with Crippen LogP contribution in [-0.4, -0.2) is 29.9 Å². The molecular weight excluding hydrogens is 376 g/mol. The third-order valence-electron chi connectivity index (χ3n) is 3.17. The molecule has 0 saturated heterocycles. The molecule has 1 atom stereocenters. The maximum atomic E-state index is 12.9. The van der Waals surface area contributed by atoms with E-state index in [-0.39, 0.29) is 23.7 Å². The number of hydrogen-bond acceptors (Lipinski definition) is 5. The summed E-state index contributed by atoms with van der Waals surface area (Å²) in [5, 5.41) is -0.807. The van der Waals surface area contributed by atoms with Gasteiger partial charge in [-0.3, -0.25) is 0 Å². The molecule has 0 bridgehead atoms. The monoisotopic (exact) mass is 392 g/mol. The number of furan rings is 1. The van der Waals surface area contributed by atoms with Gasteiger partial charge in [0.05, 0.1) is 11.2 Å². The average Bonchev–Trinajstić information content (AvgIpc) is 3.01. The summed E-state index contributed by atoms with van der Waals surface area (Å²) in [5.41, 5.74) is 0. The zero-order valence-corrected chi connectivity index (χ0v) is 15.2. The van der Waals surface area contributed by atoms with E-state index in [0.717, 1.165) is 0 Å². The lowest BCUT2D eigenvalue weighted by Gasteiger charge is -2.17. The molecule has 0 aliphatic rings. The van der Waals surface area contributed by atoms with E-state index in [1.807, 2.05) is 0 Å². The van der Waals surface area contributed by atoms with E-state index in [4.69, 9.17) is 16.0 Å². The summed E-state index contributed by atoms with van der Waals surface area (Å²) in [5.74, 6) is 0.143. The molecule has 0 saturated carbocycles. The van der Waals surface area contributed by atoms with Crippen molar-refractivity contribution in [3.05, 3.63) is 53.4 Å². The zero-order chi connectivity index (χ0) is 17.8. The zero-order valence-electron chi connectivity index (χ0n) is 12.8. The summed E-state index contributed by atoms with van der Waals surface area (Å²) in [6.07, 6.45) is 1.33. The fourth-order valence-electron chi connectivity index (χ4n) is 2.05. The molecule has 0 fully saturated rings. The van der Waals surface area contributed by atoms with Gasteiger partial charge in [-0.15, -0.1) is 0 Å². The van der Waals surface area contributed by atoms with Crippen molar-refractivity contribution in [3.8, 4) is 0 Å². The van der Waals surface area contributed by atoms with E-state index in [9.17, 15) is 16.8 Å². The van der Waals surface area contributed by atoms with Crippen molar-refractivity contribution >= 4 is 31.6 Å². The van der Waals surface area contributed by atoms with Crippen LogP contribution in [0.25, 0.3) is 0 Å². The Balaban J connectivity index is 2.35. The van der Waals surface area contributed by atoms with Crippen molar-refractivity contribution in [2.24, 2.45) is 0 Å². The minimum Gasteiger partial charge on any atom is -0.468 e. The van der Waals surface area contributed by atoms with Crippen molar-refractivity contribution < 1.29 is 21.3 Å². The SMILES string of the molecule is CCNS(=O)(=O)NCC(c1ccco1)S(=O)(=O)c1ccc(Cl)cc1. The second kappa shape index (κ2) is 7.66. The highest BCUT2D eigenvalue weighted by atomic mass is 35.5. The first-order valence-electron chi connectivity index (χ1n) is 7.03. The summed E-state index contributed by atoms with van der Waals surface area (Å²) in [6.45, 7) is 1.44. The standard InChI is InChI=1S/C14H17ClN2O5S2/c1-2-16-24(20,21)17-10-14(13-4-3-9-22-13)23(18,19)12-7-5-11(15)6-8-12/h3-9,14,16-17H,2,10H2,1H3. The van der Waals surface area contributed by atoms with Crippen LogP contribution >= 0.6 is 11.6 Å². The normalized spacial score (nSPS) is 13.8. The van der Waals surface area contributed by atoms with E-state index < -0.39 is 25.3 Å². The highest BCUT2D eigenvalue weighted by molar-refractivity contribution is 7.92.